The van der Waals surface area contributed by atoms with E-state index in [1.54, 1.807) is 19.9 Å². The first-order valence-electron chi connectivity index (χ1n) is 10.5. The van der Waals surface area contributed by atoms with Gasteiger partial charge in [0, 0.05) is 42.6 Å². The topological polar surface area (TPSA) is 63.6 Å². The van der Waals surface area contributed by atoms with Gasteiger partial charge in [0.2, 0.25) is 0 Å². The van der Waals surface area contributed by atoms with Crippen molar-refractivity contribution in [2.45, 2.75) is 71.0 Å². The van der Waals surface area contributed by atoms with Crippen molar-refractivity contribution >= 4 is 11.6 Å². The number of carbonyl (C=O) groups is 2. The molecule has 1 heterocycles. The van der Waals surface area contributed by atoms with E-state index < -0.39 is 6.10 Å². The van der Waals surface area contributed by atoms with Gasteiger partial charge in [-0.1, -0.05) is 31.2 Å². The molecule has 1 aromatic rings. The lowest BCUT2D eigenvalue weighted by molar-refractivity contribution is -0.118. The smallest absolute Gasteiger partial charge is 0.159 e. The van der Waals surface area contributed by atoms with Crippen molar-refractivity contribution in [1.82, 2.24) is 0 Å². The van der Waals surface area contributed by atoms with Crippen LogP contribution in [0.1, 0.15) is 63.5 Å². The van der Waals surface area contributed by atoms with Crippen LogP contribution >= 0.6 is 0 Å². The number of benzene rings is 1. The third kappa shape index (κ3) is 4.79. The first-order valence-corrected chi connectivity index (χ1v) is 10.5. The van der Waals surface area contributed by atoms with Crippen molar-refractivity contribution < 1.29 is 19.4 Å². The third-order valence-electron chi connectivity index (χ3n) is 6.02. The second kappa shape index (κ2) is 9.41. The molecule has 3 rings (SSSR count). The van der Waals surface area contributed by atoms with Crippen LogP contribution in [0.5, 0.6) is 5.75 Å². The largest absolute Gasteiger partial charge is 0.489 e. The van der Waals surface area contributed by atoms with E-state index in [-0.39, 0.29) is 35.4 Å². The Labute approximate surface area is 173 Å². The minimum Gasteiger partial charge on any atom is -0.489 e. The zero-order valence-electron chi connectivity index (χ0n) is 17.5. The summed E-state index contributed by atoms with van der Waals surface area (Å²) in [5.41, 5.74) is 2.23. The van der Waals surface area contributed by atoms with E-state index >= 15 is 0 Å². The van der Waals surface area contributed by atoms with E-state index in [0.29, 0.717) is 19.3 Å². The van der Waals surface area contributed by atoms with E-state index in [9.17, 15) is 14.7 Å². The number of aliphatic hydroxyl groups excluding tert-OH is 1. The maximum absolute atomic E-state index is 12.4. The summed E-state index contributed by atoms with van der Waals surface area (Å²) in [6.07, 6.45) is 6.20. The summed E-state index contributed by atoms with van der Waals surface area (Å²) in [5, 5.41) is 10.6. The number of rotatable bonds is 8. The molecular weight excluding hydrogens is 364 g/mol. The predicted octanol–water partition coefficient (Wildman–Crippen LogP) is 4.00. The quantitative estimate of drug-likeness (QED) is 0.535. The van der Waals surface area contributed by atoms with Crippen LogP contribution in [0.2, 0.25) is 0 Å². The van der Waals surface area contributed by atoms with Crippen molar-refractivity contribution in [2.75, 3.05) is 0 Å². The van der Waals surface area contributed by atoms with Crippen LogP contribution in [0.3, 0.4) is 0 Å². The van der Waals surface area contributed by atoms with Crippen molar-refractivity contribution in [2.24, 2.45) is 11.8 Å². The summed E-state index contributed by atoms with van der Waals surface area (Å²) in [6.45, 7) is 5.27. The zero-order valence-corrected chi connectivity index (χ0v) is 17.5. The number of fused-ring (bicyclic) bond motifs is 3. The fourth-order valence-electron chi connectivity index (χ4n) is 4.42. The van der Waals surface area contributed by atoms with Crippen LogP contribution < -0.4 is 4.74 Å². The van der Waals surface area contributed by atoms with Crippen LogP contribution in [-0.2, 0) is 16.0 Å². The van der Waals surface area contributed by atoms with Gasteiger partial charge in [0.25, 0.3) is 0 Å². The number of allylic oxidation sites excluding steroid dienone is 1. The van der Waals surface area contributed by atoms with Crippen LogP contribution in [0.25, 0.3) is 0 Å². The SMILES string of the molecule is CC#CC[C@H](C)C(=O)/C=C/[C@@H]1[C@H]2c3cccc(CCCC(C)=O)c3O[C@H]2C[C@H]1O. The second-order valence-electron chi connectivity index (χ2n) is 8.25. The van der Waals surface area contributed by atoms with Crippen molar-refractivity contribution in [3.63, 3.8) is 0 Å². The summed E-state index contributed by atoms with van der Waals surface area (Å²) in [7, 11) is 0. The van der Waals surface area contributed by atoms with Gasteiger partial charge in [-0.15, -0.1) is 11.8 Å². The van der Waals surface area contributed by atoms with Gasteiger partial charge in [-0.25, -0.2) is 0 Å². The highest BCUT2D eigenvalue weighted by Gasteiger charge is 2.48. The molecule has 0 radical (unpaired) electrons. The monoisotopic (exact) mass is 394 g/mol. The van der Waals surface area contributed by atoms with Crippen LogP contribution in [0, 0.1) is 23.7 Å². The molecule has 154 valence electrons. The lowest BCUT2D eigenvalue weighted by atomic mass is 9.86. The molecule has 4 nitrogen and oxygen atoms in total. The lowest BCUT2D eigenvalue weighted by Crippen LogP contribution is -2.17. The third-order valence-corrected chi connectivity index (χ3v) is 6.02. The number of para-hydroxylation sites is 1. The van der Waals surface area contributed by atoms with Gasteiger partial charge in [0.05, 0.1) is 6.10 Å². The Morgan fingerprint density at radius 1 is 1.38 bits per heavy atom. The fourth-order valence-corrected chi connectivity index (χ4v) is 4.42. The fraction of sp³-hybridized carbons (Fsp3) is 0.520. The Morgan fingerprint density at radius 2 is 2.17 bits per heavy atom. The molecule has 1 saturated carbocycles. The molecule has 0 aromatic heterocycles. The highest BCUT2D eigenvalue weighted by Crippen LogP contribution is 2.52. The molecule has 4 heteroatoms. The molecule has 0 unspecified atom stereocenters. The van der Waals surface area contributed by atoms with Crippen molar-refractivity contribution in [1.29, 1.82) is 0 Å². The normalized spacial score (nSPS) is 25.7. The maximum atomic E-state index is 12.4. The molecule has 1 N–H and O–H groups in total. The molecule has 1 aliphatic carbocycles. The molecule has 0 saturated heterocycles. The molecule has 1 aliphatic heterocycles. The van der Waals surface area contributed by atoms with E-state index in [1.165, 1.54) is 0 Å². The van der Waals surface area contributed by atoms with Crippen LogP contribution in [0.4, 0.5) is 0 Å². The number of carbonyl (C=O) groups excluding carboxylic acids is 2. The number of aryl methyl sites for hydroxylation is 1. The Morgan fingerprint density at radius 3 is 2.90 bits per heavy atom. The van der Waals surface area contributed by atoms with Crippen LogP contribution in [0.15, 0.2) is 30.4 Å². The molecule has 29 heavy (non-hydrogen) atoms. The summed E-state index contributed by atoms with van der Waals surface area (Å²) in [5.74, 6) is 6.70. The predicted molar refractivity (Wildman–Crippen MR) is 113 cm³/mol. The molecule has 5 atom stereocenters. The summed E-state index contributed by atoms with van der Waals surface area (Å²) in [6, 6.07) is 6.14. The van der Waals surface area contributed by atoms with Crippen LogP contribution in [-0.4, -0.2) is 28.9 Å². The van der Waals surface area contributed by atoms with Gasteiger partial charge < -0.3 is 14.6 Å². The van der Waals surface area contributed by atoms with Gasteiger partial charge in [-0.05, 0) is 38.3 Å². The van der Waals surface area contributed by atoms with Crippen molar-refractivity contribution in [3.05, 3.63) is 41.5 Å². The van der Waals surface area contributed by atoms with Gasteiger partial charge in [0.15, 0.2) is 5.78 Å². The highest BCUT2D eigenvalue weighted by molar-refractivity contribution is 5.91. The number of hydrogen-bond acceptors (Lipinski definition) is 4. The molecule has 0 spiro atoms. The standard InChI is InChI=1S/C25H30O4/c1-4-5-8-16(2)21(27)14-13-19-22(28)15-23-24(19)20-12-7-11-18(25(20)29-23)10-6-9-17(3)26/h7,11-14,16,19,22-24,28H,6,8-10,15H2,1-3H3/b14-13+/t16-,19-,22+,23-,24-/m0/s1. The Hall–Kier alpha value is -2.38. The minimum atomic E-state index is -0.519. The first kappa shape index (κ1) is 21.3. The second-order valence-corrected chi connectivity index (χ2v) is 8.25. The number of aliphatic hydroxyl groups is 1. The number of Topliss-reactive ketones (excluding diaryl/α,β-unsaturated/α-hetero) is 1. The summed E-state index contributed by atoms with van der Waals surface area (Å²) >= 11 is 0. The van der Waals surface area contributed by atoms with Gasteiger partial charge in [-0.3, -0.25) is 4.79 Å². The molecule has 2 aliphatic rings. The average molecular weight is 395 g/mol. The van der Waals surface area contributed by atoms with E-state index in [2.05, 4.69) is 24.0 Å². The minimum absolute atomic E-state index is 0.0422. The first-order chi connectivity index (χ1) is 13.9. The summed E-state index contributed by atoms with van der Waals surface area (Å²) in [4.78, 5) is 23.6. The molecule has 1 aromatic carbocycles. The number of ether oxygens (including phenoxy) is 1. The lowest BCUT2D eigenvalue weighted by Gasteiger charge is -2.17. The molecule has 0 bridgehead atoms. The summed E-state index contributed by atoms with van der Waals surface area (Å²) < 4.78 is 6.25. The Balaban J connectivity index is 1.76. The molecule has 0 amide bonds. The van der Waals surface area contributed by atoms with Gasteiger partial charge >= 0.3 is 0 Å². The average Bonchev–Trinajstić information content (AvgIpc) is 3.19. The highest BCUT2D eigenvalue weighted by atomic mass is 16.5. The van der Waals surface area contributed by atoms with E-state index in [1.807, 2.05) is 19.1 Å². The van der Waals surface area contributed by atoms with E-state index in [4.69, 9.17) is 4.74 Å². The Bertz CT molecular complexity index is 857. The maximum Gasteiger partial charge on any atom is 0.159 e. The zero-order chi connectivity index (χ0) is 21.0. The van der Waals surface area contributed by atoms with E-state index in [0.717, 1.165) is 29.7 Å². The Kier molecular flexibility index (Phi) is 6.92. The number of ketones is 2. The molecule has 1 fully saturated rings. The van der Waals surface area contributed by atoms with Crippen molar-refractivity contribution in [3.8, 4) is 17.6 Å². The van der Waals surface area contributed by atoms with Gasteiger partial charge in [-0.2, -0.15) is 0 Å². The molecular formula is C25H30O4. The van der Waals surface area contributed by atoms with Gasteiger partial charge in [0.1, 0.15) is 17.6 Å². The number of hydrogen-bond donors (Lipinski definition) is 1.